The Hall–Kier alpha value is -2.58. The number of ether oxygens (including phenoxy) is 2. The second-order valence-electron chi connectivity index (χ2n) is 8.11. The molecule has 0 spiro atoms. The molecule has 0 aromatic carbocycles. The Morgan fingerprint density at radius 2 is 1.74 bits per heavy atom. The summed E-state index contributed by atoms with van der Waals surface area (Å²) >= 11 is 0. The molecule has 1 aromatic rings. The molecule has 0 saturated carbocycles. The molecule has 1 heterocycles. The van der Waals surface area contributed by atoms with E-state index in [4.69, 9.17) is 9.47 Å². The van der Waals surface area contributed by atoms with Crippen LogP contribution >= 0.6 is 0 Å². The van der Waals surface area contributed by atoms with Gasteiger partial charge in [-0.2, -0.15) is 0 Å². The van der Waals surface area contributed by atoms with Gasteiger partial charge in [-0.1, -0.05) is 0 Å². The van der Waals surface area contributed by atoms with Crippen LogP contribution in [0.1, 0.15) is 53.7 Å². The lowest BCUT2D eigenvalue weighted by molar-refractivity contribution is -0.158. The molecule has 0 aliphatic carbocycles. The molecule has 0 fully saturated rings. The number of carbonyl (C=O) groups excluding carboxylic acids is 3. The molecule has 0 unspecified atom stereocenters. The summed E-state index contributed by atoms with van der Waals surface area (Å²) < 4.78 is 10.5. The lowest BCUT2D eigenvalue weighted by atomic mass is 10.1. The van der Waals surface area contributed by atoms with Crippen molar-refractivity contribution < 1.29 is 23.9 Å². The van der Waals surface area contributed by atoms with Crippen molar-refractivity contribution in [1.82, 2.24) is 20.6 Å². The van der Waals surface area contributed by atoms with E-state index in [9.17, 15) is 14.4 Å². The average Bonchev–Trinajstić information content (AvgIpc) is 2.95. The third-order valence-corrected chi connectivity index (χ3v) is 3.03. The maximum atomic E-state index is 12.4. The van der Waals surface area contributed by atoms with E-state index in [1.807, 2.05) is 0 Å². The molecule has 0 aliphatic rings. The number of alkyl carbamates (subject to hydrolysis) is 1. The van der Waals surface area contributed by atoms with Gasteiger partial charge in [-0.15, -0.1) is 0 Å². The van der Waals surface area contributed by atoms with E-state index in [0.717, 1.165) is 0 Å². The largest absolute Gasteiger partial charge is 0.458 e. The Bertz CT molecular complexity index is 629. The summed E-state index contributed by atoms with van der Waals surface area (Å²) in [6, 6.07) is -0.862. The fourth-order valence-electron chi connectivity index (χ4n) is 2.04. The normalized spacial score (nSPS) is 12.8. The quantitative estimate of drug-likeness (QED) is 0.617. The van der Waals surface area contributed by atoms with Crippen molar-refractivity contribution >= 4 is 18.0 Å². The SMILES string of the molecule is CC(C)(C)OC(=O)NCCC(=O)N[C@H](Cc1cnc[nH]1)C(=O)OC(C)(C)C. The zero-order chi connectivity index (χ0) is 20.7. The van der Waals surface area contributed by atoms with Gasteiger partial charge < -0.3 is 25.1 Å². The second-order valence-corrected chi connectivity index (χ2v) is 8.11. The van der Waals surface area contributed by atoms with Crippen LogP contribution in [0.3, 0.4) is 0 Å². The average molecular weight is 382 g/mol. The molecule has 0 bridgehead atoms. The van der Waals surface area contributed by atoms with Crippen LogP contribution in [0.4, 0.5) is 4.79 Å². The molecule has 9 heteroatoms. The highest BCUT2D eigenvalue weighted by molar-refractivity contribution is 5.85. The van der Waals surface area contributed by atoms with Gasteiger partial charge in [0.2, 0.25) is 5.91 Å². The van der Waals surface area contributed by atoms with Gasteiger partial charge >= 0.3 is 12.1 Å². The first-order valence-corrected chi connectivity index (χ1v) is 8.82. The Balaban J connectivity index is 2.57. The van der Waals surface area contributed by atoms with Gasteiger partial charge in [0, 0.05) is 31.3 Å². The number of rotatable bonds is 7. The minimum absolute atomic E-state index is 0.00150. The molecule has 152 valence electrons. The van der Waals surface area contributed by atoms with Crippen molar-refractivity contribution in [1.29, 1.82) is 0 Å². The van der Waals surface area contributed by atoms with Crippen LogP contribution in [0.25, 0.3) is 0 Å². The predicted molar refractivity (Wildman–Crippen MR) is 98.9 cm³/mol. The van der Waals surface area contributed by atoms with Crippen LogP contribution in [0.15, 0.2) is 12.5 Å². The lowest BCUT2D eigenvalue weighted by Gasteiger charge is -2.24. The van der Waals surface area contributed by atoms with Crippen molar-refractivity contribution in [2.45, 2.75) is 71.6 Å². The fraction of sp³-hybridized carbons (Fsp3) is 0.667. The first kappa shape index (κ1) is 22.5. The molecule has 27 heavy (non-hydrogen) atoms. The van der Waals surface area contributed by atoms with Gasteiger partial charge in [-0.05, 0) is 41.5 Å². The smallest absolute Gasteiger partial charge is 0.407 e. The number of hydrogen-bond donors (Lipinski definition) is 3. The molecule has 0 radical (unpaired) electrons. The highest BCUT2D eigenvalue weighted by Crippen LogP contribution is 2.11. The third-order valence-electron chi connectivity index (χ3n) is 3.03. The summed E-state index contributed by atoms with van der Waals surface area (Å²) in [5, 5.41) is 5.15. The first-order chi connectivity index (χ1) is 12.4. The van der Waals surface area contributed by atoms with Crippen LogP contribution in [0.5, 0.6) is 0 Å². The van der Waals surface area contributed by atoms with Crippen molar-refractivity contribution in [2.24, 2.45) is 0 Å². The van der Waals surface area contributed by atoms with E-state index in [2.05, 4.69) is 20.6 Å². The number of aromatic amines is 1. The standard InChI is InChI=1S/C18H30N4O5/c1-17(2,3)26-15(24)13(9-12-10-19-11-21-12)22-14(23)7-8-20-16(25)27-18(4,5)6/h10-11,13H,7-9H2,1-6H3,(H,19,21)(H,20,25)(H,22,23)/t13-/m1/s1. The fourth-order valence-corrected chi connectivity index (χ4v) is 2.04. The number of nitrogens with one attached hydrogen (secondary N) is 3. The molecule has 1 rings (SSSR count). The number of esters is 1. The lowest BCUT2D eigenvalue weighted by Crippen LogP contribution is -2.46. The highest BCUT2D eigenvalue weighted by atomic mass is 16.6. The number of nitrogens with zero attached hydrogens (tertiary/aromatic N) is 1. The molecule has 2 amide bonds. The monoisotopic (exact) mass is 382 g/mol. The summed E-state index contributed by atoms with van der Waals surface area (Å²) in [7, 11) is 0. The Labute approximate surface area is 159 Å². The number of imidazole rings is 1. The zero-order valence-corrected chi connectivity index (χ0v) is 16.8. The number of carbonyl (C=O) groups is 3. The molecule has 0 saturated heterocycles. The van der Waals surface area contributed by atoms with Crippen molar-refractivity contribution in [3.05, 3.63) is 18.2 Å². The van der Waals surface area contributed by atoms with Crippen LogP contribution in [0.2, 0.25) is 0 Å². The van der Waals surface area contributed by atoms with Crippen LogP contribution in [-0.4, -0.2) is 51.7 Å². The van der Waals surface area contributed by atoms with Crippen LogP contribution < -0.4 is 10.6 Å². The molecule has 3 N–H and O–H groups in total. The van der Waals surface area contributed by atoms with Gasteiger partial charge in [0.15, 0.2) is 0 Å². The third kappa shape index (κ3) is 10.2. The number of amides is 2. The number of H-pyrrole nitrogens is 1. The Morgan fingerprint density at radius 3 is 2.26 bits per heavy atom. The summed E-state index contributed by atoms with van der Waals surface area (Å²) in [6.07, 6.45) is 2.69. The molecule has 1 aromatic heterocycles. The Kier molecular flexibility index (Phi) is 7.81. The van der Waals surface area contributed by atoms with Crippen molar-refractivity contribution in [3.63, 3.8) is 0 Å². The highest BCUT2D eigenvalue weighted by Gasteiger charge is 2.27. The first-order valence-electron chi connectivity index (χ1n) is 8.82. The second kappa shape index (κ2) is 9.38. The van der Waals surface area contributed by atoms with E-state index in [-0.39, 0.29) is 25.3 Å². The van der Waals surface area contributed by atoms with E-state index in [1.54, 1.807) is 47.7 Å². The maximum Gasteiger partial charge on any atom is 0.407 e. The maximum absolute atomic E-state index is 12.4. The van der Waals surface area contributed by atoms with Gasteiger partial charge in [0.1, 0.15) is 17.2 Å². The van der Waals surface area contributed by atoms with E-state index >= 15 is 0 Å². The molecule has 0 aliphatic heterocycles. The van der Waals surface area contributed by atoms with E-state index < -0.39 is 29.3 Å². The van der Waals surface area contributed by atoms with E-state index in [0.29, 0.717) is 5.69 Å². The van der Waals surface area contributed by atoms with Gasteiger partial charge in [0.05, 0.1) is 6.33 Å². The van der Waals surface area contributed by atoms with E-state index in [1.165, 1.54) is 6.33 Å². The molecular formula is C18H30N4O5. The van der Waals surface area contributed by atoms with Gasteiger partial charge in [-0.3, -0.25) is 4.79 Å². The van der Waals surface area contributed by atoms with Crippen LogP contribution in [0, 0.1) is 0 Å². The predicted octanol–water partition coefficient (Wildman–Crippen LogP) is 1.69. The minimum Gasteiger partial charge on any atom is -0.458 e. The van der Waals surface area contributed by atoms with Crippen molar-refractivity contribution in [2.75, 3.05) is 6.54 Å². The molecule has 9 nitrogen and oxygen atoms in total. The summed E-state index contributed by atoms with van der Waals surface area (Å²) in [4.78, 5) is 43.0. The Morgan fingerprint density at radius 1 is 1.11 bits per heavy atom. The zero-order valence-electron chi connectivity index (χ0n) is 16.8. The topological polar surface area (TPSA) is 122 Å². The summed E-state index contributed by atoms with van der Waals surface area (Å²) in [5.41, 5.74) is -0.595. The number of hydrogen-bond acceptors (Lipinski definition) is 6. The number of aromatic nitrogens is 2. The summed E-state index contributed by atoms with van der Waals surface area (Å²) in [6.45, 7) is 10.6. The minimum atomic E-state index is -0.862. The van der Waals surface area contributed by atoms with Crippen molar-refractivity contribution in [3.8, 4) is 0 Å². The molecular weight excluding hydrogens is 352 g/mol. The molecule has 1 atom stereocenters. The van der Waals surface area contributed by atoms with Gasteiger partial charge in [-0.25, -0.2) is 14.6 Å². The van der Waals surface area contributed by atoms with Crippen LogP contribution in [-0.2, 0) is 25.5 Å². The van der Waals surface area contributed by atoms with Gasteiger partial charge in [0.25, 0.3) is 0 Å². The summed E-state index contributed by atoms with van der Waals surface area (Å²) in [5.74, 6) is -0.924.